The number of hydrogen-bond donors (Lipinski definition) is 3. The second-order valence-corrected chi connectivity index (χ2v) is 7.06. The van der Waals surface area contributed by atoms with E-state index >= 15 is 0 Å². The van der Waals surface area contributed by atoms with Gasteiger partial charge in [0, 0.05) is 56.4 Å². The van der Waals surface area contributed by atoms with E-state index in [0.717, 1.165) is 31.3 Å². The monoisotopic (exact) mass is 388 g/mol. The molecule has 1 saturated heterocycles. The molecule has 0 bridgehead atoms. The van der Waals surface area contributed by atoms with Crippen molar-refractivity contribution in [2.24, 2.45) is 10.7 Å². The summed E-state index contributed by atoms with van der Waals surface area (Å²) in [6.45, 7) is 4.46. The van der Waals surface area contributed by atoms with Crippen molar-refractivity contribution in [2.45, 2.75) is 6.42 Å². The van der Waals surface area contributed by atoms with Gasteiger partial charge in [0.25, 0.3) is 5.91 Å². The number of piperazine rings is 1. The van der Waals surface area contributed by atoms with Gasteiger partial charge in [-0.1, -0.05) is 6.07 Å². The molecule has 0 saturated carbocycles. The number of carbonyl (C=O) groups excluding carboxylic acids is 1. The lowest BCUT2D eigenvalue weighted by Gasteiger charge is -2.35. The number of carbonyl (C=O) groups is 1. The third-order valence-corrected chi connectivity index (χ3v) is 5.13. The first-order valence-corrected chi connectivity index (χ1v) is 9.78. The summed E-state index contributed by atoms with van der Waals surface area (Å²) in [7, 11) is 0. The molecule has 4 N–H and O–H groups in total. The van der Waals surface area contributed by atoms with Crippen LogP contribution in [-0.2, 0) is 0 Å². The van der Waals surface area contributed by atoms with E-state index in [1.165, 1.54) is 12.1 Å². The van der Waals surface area contributed by atoms with Crippen LogP contribution in [0.5, 0.6) is 5.75 Å². The standard InChI is InChI=1S/C18H24N6O2S/c19-17(23-8-10-24(11-9-23)18-22-7-12-27-18)21-6-2-5-20-16(26)14-3-1-4-15(25)13-14/h1,3-4,7,12-13,25H,2,5-6,8-11H2,(H2,19,21)(H,20,26). The summed E-state index contributed by atoms with van der Waals surface area (Å²) in [5.41, 5.74) is 6.53. The van der Waals surface area contributed by atoms with E-state index in [2.05, 4.69) is 25.1 Å². The Morgan fingerprint density at radius 2 is 2.15 bits per heavy atom. The average molecular weight is 388 g/mol. The summed E-state index contributed by atoms with van der Waals surface area (Å²) >= 11 is 1.65. The Labute approximate surface area is 162 Å². The van der Waals surface area contributed by atoms with Crippen LogP contribution in [0.4, 0.5) is 5.13 Å². The number of hydrogen-bond acceptors (Lipinski definition) is 6. The van der Waals surface area contributed by atoms with Gasteiger partial charge in [-0.05, 0) is 24.6 Å². The first-order chi connectivity index (χ1) is 13.1. The van der Waals surface area contributed by atoms with E-state index in [1.54, 1.807) is 23.5 Å². The molecular weight excluding hydrogens is 364 g/mol. The Morgan fingerprint density at radius 1 is 1.33 bits per heavy atom. The molecule has 2 aromatic rings. The third-order valence-electron chi connectivity index (χ3n) is 4.30. The van der Waals surface area contributed by atoms with Crippen molar-refractivity contribution in [1.82, 2.24) is 15.2 Å². The predicted octanol–water partition coefficient (Wildman–Crippen LogP) is 1.11. The van der Waals surface area contributed by atoms with Gasteiger partial charge in [0.2, 0.25) is 0 Å². The quantitative estimate of drug-likeness (QED) is 0.389. The molecule has 3 rings (SSSR count). The number of benzene rings is 1. The largest absolute Gasteiger partial charge is 0.508 e. The van der Waals surface area contributed by atoms with Crippen molar-refractivity contribution >= 4 is 28.3 Å². The lowest BCUT2D eigenvalue weighted by molar-refractivity contribution is 0.0953. The van der Waals surface area contributed by atoms with Crippen LogP contribution in [0.3, 0.4) is 0 Å². The maximum Gasteiger partial charge on any atom is 0.251 e. The first-order valence-electron chi connectivity index (χ1n) is 8.90. The average Bonchev–Trinajstić information content (AvgIpc) is 3.22. The van der Waals surface area contributed by atoms with Crippen LogP contribution in [0.2, 0.25) is 0 Å². The van der Waals surface area contributed by atoms with E-state index in [4.69, 9.17) is 5.73 Å². The number of phenolic OH excluding ortho intramolecular Hbond substituents is 1. The zero-order valence-corrected chi connectivity index (χ0v) is 15.9. The second-order valence-electron chi connectivity index (χ2n) is 6.19. The molecule has 2 heterocycles. The Hall–Kier alpha value is -2.81. The lowest BCUT2D eigenvalue weighted by Crippen LogP contribution is -2.51. The fourth-order valence-electron chi connectivity index (χ4n) is 2.82. The number of nitrogens with one attached hydrogen (secondary N) is 1. The molecule has 1 aliphatic rings. The van der Waals surface area contributed by atoms with E-state index in [9.17, 15) is 9.90 Å². The second kappa shape index (κ2) is 9.22. The molecule has 1 amide bonds. The first kappa shape index (κ1) is 19.0. The highest BCUT2D eigenvalue weighted by atomic mass is 32.1. The van der Waals surface area contributed by atoms with E-state index in [1.807, 2.05) is 11.6 Å². The van der Waals surface area contributed by atoms with E-state index < -0.39 is 0 Å². The summed E-state index contributed by atoms with van der Waals surface area (Å²) in [6, 6.07) is 6.28. The summed E-state index contributed by atoms with van der Waals surface area (Å²) in [5, 5.41) is 15.3. The molecule has 0 spiro atoms. The third kappa shape index (κ3) is 5.33. The molecule has 1 aliphatic heterocycles. The van der Waals surface area contributed by atoms with Crippen LogP contribution in [0, 0.1) is 0 Å². The molecule has 9 heteroatoms. The van der Waals surface area contributed by atoms with Crippen LogP contribution in [0.25, 0.3) is 0 Å². The number of amides is 1. The molecule has 0 radical (unpaired) electrons. The van der Waals surface area contributed by atoms with Crippen LogP contribution in [0.15, 0.2) is 40.8 Å². The van der Waals surface area contributed by atoms with Crippen molar-refractivity contribution in [2.75, 3.05) is 44.2 Å². The van der Waals surface area contributed by atoms with Crippen molar-refractivity contribution in [3.05, 3.63) is 41.4 Å². The Kier molecular flexibility index (Phi) is 6.48. The molecule has 1 aromatic carbocycles. The highest BCUT2D eigenvalue weighted by Crippen LogP contribution is 2.18. The summed E-state index contributed by atoms with van der Waals surface area (Å²) in [5.74, 6) is 0.421. The van der Waals surface area contributed by atoms with Gasteiger partial charge in [-0.2, -0.15) is 0 Å². The van der Waals surface area contributed by atoms with Crippen LogP contribution >= 0.6 is 11.3 Å². The van der Waals surface area contributed by atoms with Crippen molar-refractivity contribution < 1.29 is 9.90 Å². The Bertz CT molecular complexity index is 772. The smallest absolute Gasteiger partial charge is 0.251 e. The lowest BCUT2D eigenvalue weighted by atomic mass is 10.2. The molecule has 27 heavy (non-hydrogen) atoms. The number of phenols is 1. The zero-order valence-electron chi connectivity index (χ0n) is 15.0. The number of aliphatic imine (C=N–C) groups is 1. The van der Waals surface area contributed by atoms with Gasteiger partial charge in [-0.3, -0.25) is 9.79 Å². The van der Waals surface area contributed by atoms with Gasteiger partial charge in [-0.15, -0.1) is 11.3 Å². The minimum Gasteiger partial charge on any atom is -0.508 e. The molecule has 0 atom stereocenters. The number of rotatable bonds is 6. The fourth-order valence-corrected chi connectivity index (χ4v) is 3.52. The van der Waals surface area contributed by atoms with Crippen molar-refractivity contribution in [1.29, 1.82) is 0 Å². The van der Waals surface area contributed by atoms with Crippen LogP contribution in [-0.4, -0.2) is 66.1 Å². The number of nitrogens with two attached hydrogens (primary N) is 1. The van der Waals surface area contributed by atoms with Crippen LogP contribution < -0.4 is 16.0 Å². The number of aromatic nitrogens is 1. The number of aromatic hydroxyl groups is 1. The van der Waals surface area contributed by atoms with Gasteiger partial charge >= 0.3 is 0 Å². The SMILES string of the molecule is NC(=NCCCNC(=O)c1cccc(O)c1)N1CCN(c2nccs2)CC1. The summed E-state index contributed by atoms with van der Waals surface area (Å²) in [4.78, 5) is 25.1. The molecule has 144 valence electrons. The van der Waals surface area contributed by atoms with Crippen LogP contribution in [0.1, 0.15) is 16.8 Å². The highest BCUT2D eigenvalue weighted by molar-refractivity contribution is 7.13. The number of nitrogens with zero attached hydrogens (tertiary/aromatic N) is 4. The molecular formula is C18H24N6O2S. The fraction of sp³-hybridized carbons (Fsp3) is 0.389. The van der Waals surface area contributed by atoms with Gasteiger partial charge in [-0.25, -0.2) is 4.98 Å². The van der Waals surface area contributed by atoms with E-state index in [0.29, 0.717) is 31.0 Å². The highest BCUT2D eigenvalue weighted by Gasteiger charge is 2.19. The molecule has 8 nitrogen and oxygen atoms in total. The number of anilines is 1. The molecule has 1 aromatic heterocycles. The maximum absolute atomic E-state index is 12.0. The van der Waals surface area contributed by atoms with E-state index in [-0.39, 0.29) is 11.7 Å². The molecule has 1 fully saturated rings. The van der Waals surface area contributed by atoms with Gasteiger partial charge in [0.05, 0.1) is 0 Å². The van der Waals surface area contributed by atoms with Gasteiger partial charge in [0.15, 0.2) is 11.1 Å². The zero-order chi connectivity index (χ0) is 19.1. The van der Waals surface area contributed by atoms with Gasteiger partial charge in [0.1, 0.15) is 5.75 Å². The van der Waals surface area contributed by atoms with Crippen molar-refractivity contribution in [3.8, 4) is 5.75 Å². The minimum atomic E-state index is -0.207. The normalized spacial score (nSPS) is 15.0. The maximum atomic E-state index is 12.0. The topological polar surface area (TPSA) is 107 Å². The minimum absolute atomic E-state index is 0.0787. The number of thiazole rings is 1. The molecule has 0 aliphatic carbocycles. The van der Waals surface area contributed by atoms with Crippen molar-refractivity contribution in [3.63, 3.8) is 0 Å². The Morgan fingerprint density at radius 3 is 2.85 bits per heavy atom. The van der Waals surface area contributed by atoms with Gasteiger partial charge < -0.3 is 26.0 Å². The summed E-state index contributed by atoms with van der Waals surface area (Å²) in [6.07, 6.45) is 2.52. The Balaban J connectivity index is 1.35. The predicted molar refractivity (Wildman–Crippen MR) is 107 cm³/mol. The molecule has 0 unspecified atom stereocenters. The number of guanidine groups is 1. The summed E-state index contributed by atoms with van der Waals surface area (Å²) < 4.78 is 0.